The van der Waals surface area contributed by atoms with Crippen molar-refractivity contribution in [2.45, 2.75) is 26.4 Å². The van der Waals surface area contributed by atoms with E-state index in [0.717, 1.165) is 27.7 Å². The lowest BCUT2D eigenvalue weighted by Crippen LogP contribution is -2.36. The summed E-state index contributed by atoms with van der Waals surface area (Å²) in [6.45, 7) is 5.84. The van der Waals surface area contributed by atoms with E-state index in [-0.39, 0.29) is 6.09 Å². The predicted octanol–water partition coefficient (Wildman–Crippen LogP) is 2.78. The number of aliphatic imine (C=N–C) groups is 1. The molecule has 1 aromatic carbocycles. The molecule has 0 amide bonds. The summed E-state index contributed by atoms with van der Waals surface area (Å²) in [5.74, 6) is 0.673. The van der Waals surface area contributed by atoms with E-state index < -0.39 is 5.60 Å². The van der Waals surface area contributed by atoms with Crippen molar-refractivity contribution in [3.05, 3.63) is 35.0 Å². The number of aryl methyl sites for hydroxylation is 1. The summed E-state index contributed by atoms with van der Waals surface area (Å²) in [4.78, 5) is 16.8. The molecule has 0 saturated heterocycles. The highest BCUT2D eigenvalue weighted by Crippen LogP contribution is 2.39. The molecule has 0 aliphatic carbocycles. The highest BCUT2D eigenvalue weighted by Gasteiger charge is 2.37. The van der Waals surface area contributed by atoms with Crippen LogP contribution in [0, 0.1) is 6.92 Å². The van der Waals surface area contributed by atoms with Crippen molar-refractivity contribution in [2.24, 2.45) is 4.99 Å². The van der Waals surface area contributed by atoms with Gasteiger partial charge in [0.15, 0.2) is 0 Å². The lowest BCUT2D eigenvalue weighted by Gasteiger charge is -2.31. The molecule has 0 atom stereocenters. The first-order valence-corrected chi connectivity index (χ1v) is 6.95. The Morgan fingerprint density at radius 2 is 2.10 bits per heavy atom. The molecule has 0 bridgehead atoms. The van der Waals surface area contributed by atoms with Gasteiger partial charge in [0.05, 0.1) is 11.2 Å². The zero-order valence-corrected chi connectivity index (χ0v) is 12.9. The summed E-state index contributed by atoms with van der Waals surface area (Å²) in [7, 11) is 3.50. The summed E-state index contributed by atoms with van der Waals surface area (Å²) in [6, 6.07) is 6.05. The van der Waals surface area contributed by atoms with Crippen LogP contribution in [0.15, 0.2) is 23.2 Å². The Morgan fingerprint density at radius 1 is 1.38 bits per heavy atom. The first-order chi connectivity index (χ1) is 9.92. The molecule has 21 heavy (non-hydrogen) atoms. The Balaban J connectivity index is 2.51. The number of nitrogens with zero attached hydrogens (tertiary/aromatic N) is 2. The Labute approximate surface area is 123 Å². The lowest BCUT2D eigenvalue weighted by atomic mass is 9.94. The van der Waals surface area contributed by atoms with Gasteiger partial charge < -0.3 is 10.1 Å². The van der Waals surface area contributed by atoms with Gasteiger partial charge in [0.25, 0.3) is 0 Å². The maximum absolute atomic E-state index is 12.5. The second kappa shape index (κ2) is 4.35. The third-order valence-corrected chi connectivity index (χ3v) is 4.10. The summed E-state index contributed by atoms with van der Waals surface area (Å²) in [5, 5.41) is 4.11. The Hall–Kier alpha value is -2.30. The molecule has 0 fully saturated rings. The van der Waals surface area contributed by atoms with Gasteiger partial charge in [-0.1, -0.05) is 18.2 Å². The number of carbonyl (C=O) groups is 1. The molecule has 1 aliphatic heterocycles. The topological polar surface area (TPSA) is 55.6 Å². The van der Waals surface area contributed by atoms with Crippen LogP contribution < -0.4 is 5.32 Å². The molecule has 1 N–H and O–H groups in total. The maximum Gasteiger partial charge on any atom is 0.419 e. The van der Waals surface area contributed by atoms with Gasteiger partial charge in [-0.25, -0.2) is 9.36 Å². The van der Waals surface area contributed by atoms with Crippen LogP contribution in [0.3, 0.4) is 0 Å². The number of para-hydroxylation sites is 1. The van der Waals surface area contributed by atoms with Crippen LogP contribution in [0.5, 0.6) is 0 Å². The van der Waals surface area contributed by atoms with Gasteiger partial charge in [0, 0.05) is 25.0 Å². The van der Waals surface area contributed by atoms with Gasteiger partial charge >= 0.3 is 6.09 Å². The van der Waals surface area contributed by atoms with Crippen molar-refractivity contribution in [3.8, 4) is 0 Å². The molecule has 2 heterocycles. The standard InChI is InChI=1S/C16H19N3O2/c1-9-10-7-6-8-11-13(10)19(12(9)14(17-4)18-5)15(20)21-16(11,2)3/h6-8H,1-5H3,(H,17,18). The summed E-state index contributed by atoms with van der Waals surface area (Å²) in [5.41, 5.74) is 3.10. The highest BCUT2D eigenvalue weighted by molar-refractivity contribution is 6.09. The fourth-order valence-corrected chi connectivity index (χ4v) is 3.10. The smallest absolute Gasteiger partial charge is 0.419 e. The van der Waals surface area contributed by atoms with Crippen LogP contribution in [0.25, 0.3) is 10.9 Å². The van der Waals surface area contributed by atoms with E-state index in [1.165, 1.54) is 0 Å². The molecule has 0 radical (unpaired) electrons. The quantitative estimate of drug-likeness (QED) is 0.647. The van der Waals surface area contributed by atoms with E-state index in [4.69, 9.17) is 4.74 Å². The minimum atomic E-state index is -0.627. The number of nitrogens with one attached hydrogen (secondary N) is 1. The Kier molecular flexibility index (Phi) is 2.83. The normalized spacial score (nSPS) is 17.0. The van der Waals surface area contributed by atoms with Gasteiger partial charge in [0.1, 0.15) is 11.4 Å². The van der Waals surface area contributed by atoms with Gasteiger partial charge in [-0.15, -0.1) is 0 Å². The zero-order valence-electron chi connectivity index (χ0n) is 12.9. The van der Waals surface area contributed by atoms with Crippen molar-refractivity contribution >= 4 is 22.8 Å². The highest BCUT2D eigenvalue weighted by atomic mass is 16.6. The third-order valence-electron chi connectivity index (χ3n) is 4.10. The SMILES string of the molecule is C/N=C(\NC)c1c(C)c2cccc3c2n1C(=O)OC3(C)C. The molecule has 1 aromatic heterocycles. The maximum atomic E-state index is 12.5. The van der Waals surface area contributed by atoms with Crippen molar-refractivity contribution in [1.82, 2.24) is 9.88 Å². The minimum absolute atomic E-state index is 0.358. The molecule has 0 unspecified atom stereocenters. The number of ether oxygens (including phenoxy) is 1. The largest absolute Gasteiger partial charge is 0.438 e. The van der Waals surface area contributed by atoms with E-state index in [1.807, 2.05) is 39.0 Å². The lowest BCUT2D eigenvalue weighted by molar-refractivity contribution is 0.0330. The predicted molar refractivity (Wildman–Crippen MR) is 83.1 cm³/mol. The average molecular weight is 285 g/mol. The zero-order chi connectivity index (χ0) is 15.4. The number of hydrogen-bond acceptors (Lipinski definition) is 3. The van der Waals surface area contributed by atoms with E-state index in [1.54, 1.807) is 18.7 Å². The summed E-state index contributed by atoms with van der Waals surface area (Å²) >= 11 is 0. The molecular weight excluding hydrogens is 266 g/mol. The van der Waals surface area contributed by atoms with E-state index >= 15 is 0 Å². The van der Waals surface area contributed by atoms with E-state index in [9.17, 15) is 4.79 Å². The van der Waals surface area contributed by atoms with Crippen LogP contribution in [0.4, 0.5) is 4.79 Å². The average Bonchev–Trinajstić information content (AvgIpc) is 2.73. The molecule has 1 aliphatic rings. The van der Waals surface area contributed by atoms with Crippen molar-refractivity contribution in [2.75, 3.05) is 14.1 Å². The van der Waals surface area contributed by atoms with Crippen molar-refractivity contribution in [1.29, 1.82) is 0 Å². The van der Waals surface area contributed by atoms with E-state index in [2.05, 4.69) is 10.3 Å². The van der Waals surface area contributed by atoms with Crippen LogP contribution in [-0.4, -0.2) is 30.6 Å². The molecule has 0 saturated carbocycles. The van der Waals surface area contributed by atoms with Crippen LogP contribution >= 0.6 is 0 Å². The first kappa shape index (κ1) is 13.7. The number of hydrogen-bond donors (Lipinski definition) is 1. The van der Waals surface area contributed by atoms with Crippen molar-refractivity contribution in [3.63, 3.8) is 0 Å². The van der Waals surface area contributed by atoms with Crippen LogP contribution in [0.2, 0.25) is 0 Å². The number of carbonyl (C=O) groups excluding carboxylic acids is 1. The minimum Gasteiger partial charge on any atom is -0.438 e. The molecule has 110 valence electrons. The van der Waals surface area contributed by atoms with Crippen molar-refractivity contribution < 1.29 is 9.53 Å². The van der Waals surface area contributed by atoms with Gasteiger partial charge in [-0.05, 0) is 26.3 Å². The Bertz CT molecular complexity index is 784. The number of cyclic esters (lactones) is 1. The molecule has 2 aromatic rings. The Morgan fingerprint density at radius 3 is 2.71 bits per heavy atom. The van der Waals surface area contributed by atoms with Crippen LogP contribution in [-0.2, 0) is 10.3 Å². The fraction of sp³-hybridized carbons (Fsp3) is 0.375. The van der Waals surface area contributed by atoms with Crippen LogP contribution in [0.1, 0.15) is 30.7 Å². The molecular formula is C16H19N3O2. The monoisotopic (exact) mass is 285 g/mol. The third kappa shape index (κ3) is 1.70. The van der Waals surface area contributed by atoms with E-state index in [0.29, 0.717) is 5.84 Å². The number of aromatic nitrogens is 1. The number of rotatable bonds is 1. The van der Waals surface area contributed by atoms with Gasteiger partial charge in [-0.3, -0.25) is 4.99 Å². The first-order valence-electron chi connectivity index (χ1n) is 6.95. The molecule has 5 heteroatoms. The second-order valence-corrected chi connectivity index (χ2v) is 5.71. The number of amidine groups is 1. The van der Waals surface area contributed by atoms with Gasteiger partial charge in [-0.2, -0.15) is 0 Å². The molecule has 5 nitrogen and oxygen atoms in total. The second-order valence-electron chi connectivity index (χ2n) is 5.71. The summed E-state index contributed by atoms with van der Waals surface area (Å²) < 4.78 is 7.25. The molecule has 3 rings (SSSR count). The molecule has 0 spiro atoms. The number of benzene rings is 1. The van der Waals surface area contributed by atoms with Gasteiger partial charge in [0.2, 0.25) is 0 Å². The fourth-order valence-electron chi connectivity index (χ4n) is 3.10. The summed E-state index contributed by atoms with van der Waals surface area (Å²) in [6.07, 6.45) is -0.358.